The number of hydrogen-bond acceptors (Lipinski definition) is 4. The second kappa shape index (κ2) is 7.07. The van der Waals surface area contributed by atoms with E-state index in [9.17, 15) is 14.0 Å². The van der Waals surface area contributed by atoms with Gasteiger partial charge in [0.15, 0.2) is 0 Å². The number of rotatable bonds is 4. The minimum atomic E-state index is -0.344. The van der Waals surface area contributed by atoms with Crippen LogP contribution in [0.5, 0.6) is 0 Å². The maximum atomic E-state index is 13.3. The Balaban J connectivity index is 1.73. The van der Waals surface area contributed by atoms with Crippen LogP contribution in [0.4, 0.5) is 4.39 Å². The Labute approximate surface area is 174 Å². The van der Waals surface area contributed by atoms with Gasteiger partial charge < -0.3 is 0 Å². The molecular weight excluding hydrogens is 403 g/mol. The zero-order chi connectivity index (χ0) is 20.8. The van der Waals surface area contributed by atoms with Crippen LogP contribution >= 0.6 is 11.3 Å². The predicted octanol–water partition coefficient (Wildman–Crippen LogP) is 3.42. The van der Waals surface area contributed by atoms with Gasteiger partial charge in [0.1, 0.15) is 10.5 Å². The summed E-state index contributed by atoms with van der Waals surface area (Å²) in [6.07, 6.45) is 0. The molecule has 0 saturated heterocycles. The third-order valence-corrected chi connectivity index (χ3v) is 6.12. The number of hydrogen-bond donors (Lipinski definition) is 0. The Morgan fingerprint density at radius 3 is 2.53 bits per heavy atom. The van der Waals surface area contributed by atoms with E-state index in [1.807, 2.05) is 31.2 Å². The summed E-state index contributed by atoms with van der Waals surface area (Å²) in [5.41, 5.74) is 2.82. The molecular formula is C22H17FN4O2S. The molecule has 0 bridgehead atoms. The van der Waals surface area contributed by atoms with Crippen LogP contribution in [0.15, 0.2) is 69.6 Å². The van der Waals surface area contributed by atoms with Crippen LogP contribution in [0.2, 0.25) is 0 Å². The Morgan fingerprint density at radius 2 is 1.77 bits per heavy atom. The smallest absolute Gasteiger partial charge is 0.271 e. The van der Waals surface area contributed by atoms with Crippen LogP contribution in [-0.4, -0.2) is 18.7 Å². The summed E-state index contributed by atoms with van der Waals surface area (Å²) < 4.78 is 18.1. The average Bonchev–Trinajstić information content (AvgIpc) is 3.34. The molecule has 0 spiro atoms. The first-order valence-electron chi connectivity index (χ1n) is 9.41. The Hall–Kier alpha value is -3.52. The van der Waals surface area contributed by atoms with Crippen molar-refractivity contribution in [3.63, 3.8) is 0 Å². The van der Waals surface area contributed by atoms with Crippen LogP contribution in [0.1, 0.15) is 16.7 Å². The van der Waals surface area contributed by atoms with Gasteiger partial charge >= 0.3 is 5.69 Å². The first-order valence-corrected chi connectivity index (χ1v) is 10.3. The largest absolute Gasteiger partial charge is 0.352 e. The van der Waals surface area contributed by atoms with Crippen molar-refractivity contribution in [1.29, 1.82) is 0 Å². The summed E-state index contributed by atoms with van der Waals surface area (Å²) in [6, 6.07) is 15.5. The normalized spacial score (nSPS) is 11.5. The molecule has 0 unspecified atom stereocenters. The molecule has 0 atom stereocenters. The van der Waals surface area contributed by atoms with Gasteiger partial charge in [0.2, 0.25) is 5.78 Å². The number of nitrogens with zero attached hydrogens (tertiary/aromatic N) is 4. The van der Waals surface area contributed by atoms with Gasteiger partial charge in [-0.1, -0.05) is 36.4 Å². The number of halogens is 1. The van der Waals surface area contributed by atoms with Crippen molar-refractivity contribution < 1.29 is 4.39 Å². The van der Waals surface area contributed by atoms with E-state index in [-0.39, 0.29) is 29.4 Å². The van der Waals surface area contributed by atoms with Crippen LogP contribution in [0, 0.1) is 12.7 Å². The molecule has 8 heteroatoms. The van der Waals surface area contributed by atoms with E-state index in [1.165, 1.54) is 37.1 Å². The predicted molar refractivity (Wildman–Crippen MR) is 115 cm³/mol. The van der Waals surface area contributed by atoms with Crippen molar-refractivity contribution in [3.05, 3.63) is 103 Å². The number of thiophene rings is 1. The lowest BCUT2D eigenvalue weighted by Gasteiger charge is -2.08. The van der Waals surface area contributed by atoms with Crippen molar-refractivity contribution >= 4 is 27.3 Å². The van der Waals surface area contributed by atoms with Crippen molar-refractivity contribution in [3.8, 4) is 0 Å². The van der Waals surface area contributed by atoms with E-state index in [2.05, 4.69) is 5.10 Å². The molecule has 0 radical (unpaired) electrons. The molecule has 2 aromatic carbocycles. The monoisotopic (exact) mass is 420 g/mol. The Kier molecular flexibility index (Phi) is 4.36. The zero-order valence-corrected chi connectivity index (χ0v) is 16.9. The molecule has 0 saturated carbocycles. The van der Waals surface area contributed by atoms with Crippen LogP contribution < -0.4 is 11.2 Å². The number of benzene rings is 2. The molecule has 0 N–H and O–H groups in total. The van der Waals surface area contributed by atoms with Gasteiger partial charge in [-0.3, -0.25) is 9.36 Å². The van der Waals surface area contributed by atoms with Gasteiger partial charge in [-0.15, -0.1) is 16.4 Å². The van der Waals surface area contributed by atoms with E-state index < -0.39 is 0 Å². The molecule has 0 aliphatic carbocycles. The van der Waals surface area contributed by atoms with Crippen molar-refractivity contribution in [1.82, 2.24) is 18.7 Å². The lowest BCUT2D eigenvalue weighted by atomic mass is 10.1. The molecule has 6 nitrogen and oxygen atoms in total. The van der Waals surface area contributed by atoms with Gasteiger partial charge in [-0.05, 0) is 47.2 Å². The molecule has 150 valence electrons. The highest BCUT2D eigenvalue weighted by molar-refractivity contribution is 7.17. The molecule has 0 amide bonds. The minimum Gasteiger partial charge on any atom is -0.271 e. The van der Waals surface area contributed by atoms with E-state index in [0.29, 0.717) is 16.8 Å². The zero-order valence-electron chi connectivity index (χ0n) is 16.1. The molecule has 30 heavy (non-hydrogen) atoms. The Morgan fingerprint density at radius 1 is 1.00 bits per heavy atom. The molecule has 5 aromatic rings. The fraction of sp³-hybridized carbons (Fsp3) is 0.136. The molecule has 3 heterocycles. The first kappa shape index (κ1) is 18.5. The lowest BCUT2D eigenvalue weighted by Crippen LogP contribution is -2.26. The third kappa shape index (κ3) is 2.96. The second-order valence-electron chi connectivity index (χ2n) is 7.15. The van der Waals surface area contributed by atoms with Crippen LogP contribution in [-0.2, 0) is 13.1 Å². The average molecular weight is 420 g/mol. The molecule has 0 aliphatic rings. The molecule has 3 aromatic heterocycles. The van der Waals surface area contributed by atoms with Crippen molar-refractivity contribution in [2.75, 3.05) is 0 Å². The first-order chi connectivity index (χ1) is 14.5. The summed E-state index contributed by atoms with van der Waals surface area (Å²) in [5, 5.41) is 6.30. The van der Waals surface area contributed by atoms with Gasteiger partial charge in [0, 0.05) is 0 Å². The van der Waals surface area contributed by atoms with Gasteiger partial charge in [-0.25, -0.2) is 18.3 Å². The molecule has 5 rings (SSSR count). The van der Waals surface area contributed by atoms with E-state index in [1.54, 1.807) is 23.6 Å². The topological polar surface area (TPSA) is 61.3 Å². The third-order valence-electron chi connectivity index (χ3n) is 5.22. The summed E-state index contributed by atoms with van der Waals surface area (Å²) >= 11 is 1.29. The van der Waals surface area contributed by atoms with Gasteiger partial charge in [-0.2, -0.15) is 0 Å². The fourth-order valence-corrected chi connectivity index (χ4v) is 4.42. The van der Waals surface area contributed by atoms with Gasteiger partial charge in [0.05, 0.1) is 18.6 Å². The van der Waals surface area contributed by atoms with Gasteiger partial charge in [0.25, 0.3) is 5.56 Å². The highest BCUT2D eigenvalue weighted by Crippen LogP contribution is 2.18. The highest BCUT2D eigenvalue weighted by atomic mass is 32.1. The highest BCUT2D eigenvalue weighted by Gasteiger charge is 2.19. The minimum absolute atomic E-state index is 0.192. The van der Waals surface area contributed by atoms with E-state index in [4.69, 9.17) is 0 Å². The van der Waals surface area contributed by atoms with Crippen molar-refractivity contribution in [2.45, 2.75) is 20.0 Å². The molecule has 0 fully saturated rings. The number of aromatic nitrogens is 4. The molecule has 0 aliphatic heterocycles. The van der Waals surface area contributed by atoms with E-state index >= 15 is 0 Å². The Bertz CT molecular complexity index is 1510. The summed E-state index contributed by atoms with van der Waals surface area (Å²) in [5.74, 6) is -0.0718. The van der Waals surface area contributed by atoms with Crippen LogP contribution in [0.25, 0.3) is 16.0 Å². The van der Waals surface area contributed by atoms with Crippen LogP contribution in [0.3, 0.4) is 0 Å². The fourth-order valence-electron chi connectivity index (χ4n) is 3.60. The number of fused-ring (bicyclic) bond motifs is 3. The van der Waals surface area contributed by atoms with Crippen molar-refractivity contribution in [2.24, 2.45) is 0 Å². The quantitative estimate of drug-likeness (QED) is 0.448. The lowest BCUT2D eigenvalue weighted by molar-refractivity contribution is 0.626. The maximum Gasteiger partial charge on any atom is 0.352 e. The number of aryl methyl sites for hydroxylation is 1. The summed E-state index contributed by atoms with van der Waals surface area (Å²) in [4.78, 5) is 26.4. The second-order valence-corrected chi connectivity index (χ2v) is 8.07. The maximum absolute atomic E-state index is 13.3. The summed E-state index contributed by atoms with van der Waals surface area (Å²) in [6.45, 7) is 2.48. The summed E-state index contributed by atoms with van der Waals surface area (Å²) in [7, 11) is 0. The SMILES string of the molecule is Cc1ccccc1Cn1nc2n(Cc3ccc(F)cc3)c(=O)c3sccc3n2c1=O. The van der Waals surface area contributed by atoms with E-state index in [0.717, 1.165) is 16.7 Å². The standard InChI is InChI=1S/C22H17FN4O2S/c1-14-4-2-3-5-16(14)13-26-22(29)27-18-10-11-30-19(18)20(28)25(21(27)24-26)12-15-6-8-17(23)9-7-15/h2-11H,12-13H2,1H3.